The smallest absolute Gasteiger partial charge is 0.312 e. The van der Waals surface area contributed by atoms with E-state index in [-0.39, 0.29) is 23.5 Å². The van der Waals surface area contributed by atoms with E-state index < -0.39 is 11.5 Å². The number of aromatic nitrogens is 1. The van der Waals surface area contributed by atoms with Crippen LogP contribution >= 0.6 is 39.5 Å². The summed E-state index contributed by atoms with van der Waals surface area (Å²) < 4.78 is 32.1. The van der Waals surface area contributed by atoms with E-state index in [1.807, 2.05) is 51.1 Å². The second-order valence-electron chi connectivity index (χ2n) is 12.9. The molecule has 8 nitrogen and oxygen atoms in total. The average Bonchev–Trinajstić information content (AvgIpc) is 3.01. The Bertz CT molecular complexity index is 1730. The fourth-order valence-electron chi connectivity index (χ4n) is 6.34. The summed E-state index contributed by atoms with van der Waals surface area (Å²) in [7, 11) is 0. The fraction of sp³-hybridized carbons (Fsp3) is 0.429. The molecule has 1 aromatic heterocycles. The summed E-state index contributed by atoms with van der Waals surface area (Å²) in [4.78, 5) is 25.6. The van der Waals surface area contributed by atoms with Crippen molar-refractivity contribution in [2.24, 2.45) is 15.7 Å². The zero-order valence-electron chi connectivity index (χ0n) is 26.7. The van der Waals surface area contributed by atoms with Gasteiger partial charge in [-0.3, -0.25) is 14.8 Å². The van der Waals surface area contributed by atoms with Crippen molar-refractivity contribution in [3.63, 3.8) is 0 Å². The summed E-state index contributed by atoms with van der Waals surface area (Å²) in [6.07, 6.45) is 5.20. The molecule has 0 fully saturated rings. The number of amidine groups is 1. The quantitative estimate of drug-likeness (QED) is 0.213. The molecule has 0 amide bonds. The Hall–Kier alpha value is -3.09. The van der Waals surface area contributed by atoms with E-state index in [1.54, 1.807) is 35.7 Å². The zero-order chi connectivity index (χ0) is 33.2. The number of pyridine rings is 1. The topological polar surface area (TPSA) is 108 Å². The van der Waals surface area contributed by atoms with Crippen molar-refractivity contribution in [1.29, 1.82) is 0 Å². The molecule has 2 spiro atoms. The molecule has 0 saturated heterocycles. The van der Waals surface area contributed by atoms with Crippen molar-refractivity contribution in [2.75, 3.05) is 24.7 Å². The van der Waals surface area contributed by atoms with Gasteiger partial charge < -0.3 is 19.9 Å². The molecule has 2 unspecified atom stereocenters. The Morgan fingerprint density at radius 2 is 1.62 bits per heavy atom. The minimum atomic E-state index is -0.472. The van der Waals surface area contributed by atoms with Gasteiger partial charge in [-0.1, -0.05) is 33.8 Å². The summed E-state index contributed by atoms with van der Waals surface area (Å²) in [5.41, 5.74) is 8.26. The molecule has 4 aliphatic heterocycles. The van der Waals surface area contributed by atoms with Gasteiger partial charge in [-0.2, -0.15) is 4.39 Å². The number of aliphatic imine (C=N–C) groups is 2. The predicted octanol–water partition coefficient (Wildman–Crippen LogP) is 8.01. The highest BCUT2D eigenvalue weighted by atomic mass is 79.9. The fourth-order valence-corrected chi connectivity index (χ4v) is 8.72. The van der Waals surface area contributed by atoms with Gasteiger partial charge in [0.25, 0.3) is 0 Å². The number of esters is 1. The van der Waals surface area contributed by atoms with E-state index in [0.717, 1.165) is 74.9 Å². The van der Waals surface area contributed by atoms with Gasteiger partial charge in [0.05, 0.1) is 35.8 Å². The van der Waals surface area contributed by atoms with E-state index in [9.17, 15) is 9.18 Å². The first-order chi connectivity index (χ1) is 22.5. The molecule has 7 rings (SSSR count). The van der Waals surface area contributed by atoms with Gasteiger partial charge in [0, 0.05) is 51.7 Å². The van der Waals surface area contributed by atoms with Crippen LogP contribution in [0.1, 0.15) is 64.0 Å². The van der Waals surface area contributed by atoms with E-state index in [1.165, 1.54) is 6.20 Å². The van der Waals surface area contributed by atoms with E-state index in [2.05, 4.69) is 27.0 Å². The van der Waals surface area contributed by atoms with Crippen molar-refractivity contribution < 1.29 is 23.4 Å². The van der Waals surface area contributed by atoms with Crippen LogP contribution in [0.3, 0.4) is 0 Å². The molecular weight excluding hydrogens is 703 g/mol. The lowest BCUT2D eigenvalue weighted by Crippen LogP contribution is -2.36. The minimum absolute atomic E-state index is 0.215. The molecular formula is C35H38BrFN4O4S2. The lowest BCUT2D eigenvalue weighted by Gasteiger charge is -2.38. The van der Waals surface area contributed by atoms with Crippen LogP contribution in [0.15, 0.2) is 69.2 Å². The molecule has 2 atom stereocenters. The number of rotatable bonds is 3. The summed E-state index contributed by atoms with van der Waals surface area (Å²) in [6.45, 7) is 6.93. The number of halogens is 2. The van der Waals surface area contributed by atoms with Crippen LogP contribution in [0.25, 0.3) is 11.1 Å². The largest absolute Gasteiger partial charge is 0.493 e. The number of carbonyl (C=O) groups excluding carboxylic acids is 1. The highest BCUT2D eigenvalue weighted by Crippen LogP contribution is 2.48. The normalized spacial score (nSPS) is 23.2. The Balaban J connectivity index is 0.000000164. The number of thioether (sulfide) groups is 2. The molecule has 2 aromatic carbocycles. The molecule has 3 aromatic rings. The summed E-state index contributed by atoms with van der Waals surface area (Å²) in [5, 5.41) is 1.48. The predicted molar refractivity (Wildman–Crippen MR) is 191 cm³/mol. The highest BCUT2D eigenvalue weighted by molar-refractivity contribution is 9.10. The van der Waals surface area contributed by atoms with Gasteiger partial charge in [-0.05, 0) is 81.6 Å². The van der Waals surface area contributed by atoms with Crippen molar-refractivity contribution in [3.05, 3.63) is 76.3 Å². The minimum Gasteiger partial charge on any atom is -0.493 e. The number of fused-ring (bicyclic) bond motifs is 4. The Morgan fingerprint density at radius 1 is 0.957 bits per heavy atom. The zero-order valence-corrected chi connectivity index (χ0v) is 29.9. The Kier molecular flexibility index (Phi) is 9.92. The number of hydrogen-bond acceptors (Lipinski definition) is 10. The van der Waals surface area contributed by atoms with Gasteiger partial charge in [-0.25, -0.2) is 4.98 Å². The lowest BCUT2D eigenvalue weighted by atomic mass is 9.81. The molecule has 47 heavy (non-hydrogen) atoms. The third-order valence-electron chi connectivity index (χ3n) is 8.47. The van der Waals surface area contributed by atoms with Gasteiger partial charge in [0.1, 0.15) is 17.1 Å². The van der Waals surface area contributed by atoms with Crippen LogP contribution in [0.5, 0.6) is 11.5 Å². The molecule has 4 aliphatic rings. The van der Waals surface area contributed by atoms with Crippen molar-refractivity contribution in [2.45, 2.75) is 69.6 Å². The van der Waals surface area contributed by atoms with Crippen LogP contribution in [0, 0.1) is 5.95 Å². The number of ether oxygens (including phenoxy) is 3. The van der Waals surface area contributed by atoms with Gasteiger partial charge in [0.15, 0.2) is 5.17 Å². The summed E-state index contributed by atoms with van der Waals surface area (Å²) in [6, 6.07) is 15.3. The molecule has 0 saturated carbocycles. The first-order valence-corrected chi connectivity index (χ1v) is 18.4. The molecule has 0 bridgehead atoms. The lowest BCUT2D eigenvalue weighted by molar-refractivity contribution is -0.153. The monoisotopic (exact) mass is 740 g/mol. The second kappa shape index (κ2) is 13.8. The number of nitrogens with two attached hydrogens (primary N) is 1. The average molecular weight is 742 g/mol. The molecule has 248 valence electrons. The third kappa shape index (κ3) is 7.65. The number of hydrogen-bond donors (Lipinski definition) is 1. The maximum atomic E-state index is 14.0. The van der Waals surface area contributed by atoms with Crippen LogP contribution in [0.4, 0.5) is 4.39 Å². The first kappa shape index (κ1) is 33.8. The van der Waals surface area contributed by atoms with Gasteiger partial charge in [-0.15, -0.1) is 11.8 Å². The van der Waals surface area contributed by atoms with Crippen molar-refractivity contribution in [3.8, 4) is 22.6 Å². The molecule has 2 N–H and O–H groups in total. The Morgan fingerprint density at radius 3 is 2.30 bits per heavy atom. The van der Waals surface area contributed by atoms with Crippen LogP contribution in [-0.4, -0.2) is 51.5 Å². The first-order valence-electron chi connectivity index (χ1n) is 15.7. The van der Waals surface area contributed by atoms with Crippen LogP contribution < -0.4 is 15.2 Å². The van der Waals surface area contributed by atoms with Gasteiger partial charge >= 0.3 is 5.97 Å². The van der Waals surface area contributed by atoms with E-state index >= 15 is 0 Å². The SMILES string of the molecule is CC(C)(C)OC(=O)CC1=NC2(CCOc3ccc(Br)cc32)CCS1.NC1=NC2(CCOc3ccc(-c4cccnc4F)cc32)CCS1. The van der Waals surface area contributed by atoms with E-state index in [0.29, 0.717) is 23.9 Å². The number of carbonyl (C=O) groups is 1. The van der Waals surface area contributed by atoms with Crippen LogP contribution in [0.2, 0.25) is 0 Å². The van der Waals surface area contributed by atoms with Crippen molar-refractivity contribution >= 4 is 55.6 Å². The Labute approximate surface area is 291 Å². The summed E-state index contributed by atoms with van der Waals surface area (Å²) in [5.74, 6) is 2.91. The number of benzene rings is 2. The van der Waals surface area contributed by atoms with Gasteiger partial charge in [0.2, 0.25) is 5.95 Å². The molecule has 12 heteroatoms. The number of nitrogens with zero attached hydrogens (tertiary/aromatic N) is 3. The third-order valence-corrected chi connectivity index (χ3v) is 10.7. The van der Waals surface area contributed by atoms with Crippen LogP contribution in [-0.2, 0) is 20.6 Å². The second-order valence-corrected chi connectivity index (χ2v) is 16.1. The molecule has 5 heterocycles. The summed E-state index contributed by atoms with van der Waals surface area (Å²) >= 11 is 6.79. The van der Waals surface area contributed by atoms with Crippen molar-refractivity contribution in [1.82, 2.24) is 4.98 Å². The molecule has 0 aliphatic carbocycles. The maximum absolute atomic E-state index is 14.0. The standard InChI is InChI=1S/C18H22BrNO3S.C17H16FN3OS/c1-17(2,3)23-16(21)11-15-20-18(7-9-24-15)6-8-22-14-5-4-12(19)10-13(14)18;18-15-12(2-1-7-20-15)11-3-4-14-13(10-11)17(5-8-22-14)6-9-23-16(19)21-17/h4-5,10H,6-9,11H2,1-3H3;1-4,7,10H,5-6,8-9H2,(H2,19,21). The molecule has 0 radical (unpaired) electrons. The highest BCUT2D eigenvalue weighted by Gasteiger charge is 2.41. The van der Waals surface area contributed by atoms with E-state index in [4.69, 9.17) is 29.9 Å². The maximum Gasteiger partial charge on any atom is 0.312 e.